The minimum Gasteiger partial charge on any atom is -0.355 e. The van der Waals surface area contributed by atoms with Crippen LogP contribution in [0.25, 0.3) is 0 Å². The lowest BCUT2D eigenvalue weighted by Crippen LogP contribution is -2.39. The van der Waals surface area contributed by atoms with Crippen molar-refractivity contribution in [2.75, 3.05) is 6.54 Å². The molecule has 0 bridgehead atoms. The van der Waals surface area contributed by atoms with E-state index in [1.54, 1.807) is 0 Å². The van der Waals surface area contributed by atoms with Gasteiger partial charge in [0.25, 0.3) is 0 Å². The van der Waals surface area contributed by atoms with Gasteiger partial charge < -0.3 is 11.1 Å². The van der Waals surface area contributed by atoms with Gasteiger partial charge in [0.1, 0.15) is 0 Å². The molecular formula is C11H22N2O. The predicted octanol–water partition coefficient (Wildman–Crippen LogP) is 1.28. The monoisotopic (exact) mass is 198 g/mol. The molecule has 82 valence electrons. The van der Waals surface area contributed by atoms with Gasteiger partial charge in [0.15, 0.2) is 0 Å². The zero-order valence-electron chi connectivity index (χ0n) is 9.47. The van der Waals surface area contributed by atoms with Crippen LogP contribution in [0.4, 0.5) is 0 Å². The van der Waals surface area contributed by atoms with Gasteiger partial charge in [-0.05, 0) is 24.2 Å². The van der Waals surface area contributed by atoms with Crippen LogP contribution in [0.3, 0.4) is 0 Å². The van der Waals surface area contributed by atoms with Gasteiger partial charge in [-0.1, -0.05) is 20.8 Å². The lowest BCUT2D eigenvalue weighted by molar-refractivity contribution is -0.122. The van der Waals surface area contributed by atoms with E-state index in [9.17, 15) is 4.79 Å². The lowest BCUT2D eigenvalue weighted by atomic mass is 9.92. The maximum absolute atomic E-state index is 11.4. The number of hydrogen-bond acceptors (Lipinski definition) is 2. The third kappa shape index (κ3) is 4.61. The van der Waals surface area contributed by atoms with E-state index in [4.69, 9.17) is 5.73 Å². The van der Waals surface area contributed by atoms with Crippen molar-refractivity contribution in [1.29, 1.82) is 0 Å². The maximum atomic E-state index is 11.4. The highest BCUT2D eigenvalue weighted by Gasteiger charge is 2.28. The third-order valence-electron chi connectivity index (χ3n) is 2.45. The van der Waals surface area contributed by atoms with Crippen LogP contribution in [0.5, 0.6) is 0 Å². The van der Waals surface area contributed by atoms with Gasteiger partial charge in [0.05, 0.1) is 0 Å². The van der Waals surface area contributed by atoms with E-state index in [1.165, 1.54) is 12.8 Å². The molecule has 1 amide bonds. The largest absolute Gasteiger partial charge is 0.355 e. The topological polar surface area (TPSA) is 55.1 Å². The fraction of sp³-hybridized carbons (Fsp3) is 0.909. The molecule has 1 fully saturated rings. The molecule has 0 aromatic carbocycles. The highest BCUT2D eigenvalue weighted by molar-refractivity contribution is 5.76. The summed E-state index contributed by atoms with van der Waals surface area (Å²) in [7, 11) is 0. The first-order valence-corrected chi connectivity index (χ1v) is 5.41. The molecule has 1 aliphatic carbocycles. The first-order valence-electron chi connectivity index (χ1n) is 5.41. The molecule has 0 saturated heterocycles. The minimum absolute atomic E-state index is 0.0633. The smallest absolute Gasteiger partial charge is 0.220 e. The molecule has 0 spiro atoms. The summed E-state index contributed by atoms with van der Waals surface area (Å²) in [5.41, 5.74) is 5.94. The molecule has 1 aliphatic rings. The molecular weight excluding hydrogens is 176 g/mol. The Labute approximate surface area is 86.4 Å². The van der Waals surface area contributed by atoms with Gasteiger partial charge >= 0.3 is 0 Å². The number of carbonyl (C=O) groups excluding carboxylic acids is 1. The number of nitrogens with two attached hydrogens (primary N) is 1. The number of rotatable bonds is 4. The summed E-state index contributed by atoms with van der Waals surface area (Å²) >= 11 is 0. The van der Waals surface area contributed by atoms with Crippen LogP contribution in [-0.2, 0) is 4.79 Å². The molecule has 1 unspecified atom stereocenters. The van der Waals surface area contributed by atoms with Crippen LogP contribution in [-0.4, -0.2) is 18.5 Å². The zero-order valence-corrected chi connectivity index (χ0v) is 9.47. The summed E-state index contributed by atoms with van der Waals surface area (Å²) in [6.45, 7) is 6.83. The number of nitrogens with one attached hydrogen (secondary N) is 1. The number of carbonyl (C=O) groups is 1. The van der Waals surface area contributed by atoms with E-state index in [2.05, 4.69) is 26.1 Å². The molecule has 1 atom stereocenters. The zero-order chi connectivity index (χ0) is 10.8. The Bertz CT molecular complexity index is 204. The first kappa shape index (κ1) is 11.5. The molecule has 1 rings (SSSR count). The second-order valence-corrected chi connectivity index (χ2v) is 5.54. The van der Waals surface area contributed by atoms with Gasteiger partial charge in [0, 0.05) is 19.0 Å². The Hall–Kier alpha value is -0.570. The van der Waals surface area contributed by atoms with Crippen LogP contribution >= 0.6 is 0 Å². The minimum atomic E-state index is 0.0633. The average Bonchev–Trinajstić information content (AvgIpc) is 2.78. The van der Waals surface area contributed by atoms with Crippen LogP contribution < -0.4 is 11.1 Å². The van der Waals surface area contributed by atoms with Crippen molar-refractivity contribution < 1.29 is 4.79 Å². The summed E-state index contributed by atoms with van der Waals surface area (Å²) in [6.07, 6.45) is 3.04. The molecule has 3 heteroatoms. The molecule has 3 nitrogen and oxygen atoms in total. The van der Waals surface area contributed by atoms with Crippen LogP contribution in [0.1, 0.15) is 40.0 Å². The fourth-order valence-electron chi connectivity index (χ4n) is 1.47. The van der Waals surface area contributed by atoms with E-state index in [0.717, 1.165) is 0 Å². The van der Waals surface area contributed by atoms with Crippen molar-refractivity contribution in [1.82, 2.24) is 5.32 Å². The molecule has 3 N–H and O–H groups in total. The summed E-state index contributed by atoms with van der Waals surface area (Å²) < 4.78 is 0. The number of hydrogen-bond donors (Lipinski definition) is 2. The molecule has 14 heavy (non-hydrogen) atoms. The molecule has 0 aromatic rings. The maximum Gasteiger partial charge on any atom is 0.220 e. The van der Waals surface area contributed by atoms with Crippen LogP contribution in [0.2, 0.25) is 0 Å². The molecule has 0 aliphatic heterocycles. The van der Waals surface area contributed by atoms with Crippen LogP contribution in [0, 0.1) is 11.3 Å². The van der Waals surface area contributed by atoms with E-state index < -0.39 is 0 Å². The van der Waals surface area contributed by atoms with Crippen molar-refractivity contribution in [3.05, 3.63) is 0 Å². The first-order chi connectivity index (χ1) is 6.38. The standard InChI is InChI=1S/C11H22N2O/c1-11(2,3)6-10(14)13-7-9(12)8-4-5-8/h8-9H,4-7,12H2,1-3H3,(H,13,14). The predicted molar refractivity (Wildman–Crippen MR) is 57.8 cm³/mol. The third-order valence-corrected chi connectivity index (χ3v) is 2.45. The van der Waals surface area contributed by atoms with Crippen molar-refractivity contribution in [2.24, 2.45) is 17.1 Å². The highest BCUT2D eigenvalue weighted by Crippen LogP contribution is 2.31. The van der Waals surface area contributed by atoms with E-state index in [-0.39, 0.29) is 17.4 Å². The Morgan fingerprint density at radius 1 is 1.50 bits per heavy atom. The average molecular weight is 198 g/mol. The molecule has 0 aromatic heterocycles. The van der Waals surface area contributed by atoms with E-state index >= 15 is 0 Å². The SMILES string of the molecule is CC(C)(C)CC(=O)NCC(N)C1CC1. The van der Waals surface area contributed by atoms with Gasteiger partial charge in [0.2, 0.25) is 5.91 Å². The van der Waals surface area contributed by atoms with Crippen molar-refractivity contribution in [3.63, 3.8) is 0 Å². The van der Waals surface area contributed by atoms with Crippen molar-refractivity contribution in [2.45, 2.75) is 46.1 Å². The Balaban J connectivity index is 2.14. The summed E-state index contributed by atoms with van der Waals surface area (Å²) in [6, 6.07) is 0.166. The number of amides is 1. The molecule has 1 saturated carbocycles. The van der Waals surface area contributed by atoms with E-state index in [1.807, 2.05) is 0 Å². The Kier molecular flexibility index (Phi) is 3.53. The normalized spacial score (nSPS) is 19.1. The molecule has 0 heterocycles. The van der Waals surface area contributed by atoms with Gasteiger partial charge in [-0.25, -0.2) is 0 Å². The second kappa shape index (κ2) is 4.30. The molecule has 0 radical (unpaired) electrons. The fourth-order valence-corrected chi connectivity index (χ4v) is 1.47. The quantitative estimate of drug-likeness (QED) is 0.715. The van der Waals surface area contributed by atoms with Crippen molar-refractivity contribution in [3.8, 4) is 0 Å². The summed E-state index contributed by atoms with van der Waals surface area (Å²) in [5.74, 6) is 0.776. The highest BCUT2D eigenvalue weighted by atomic mass is 16.1. The van der Waals surface area contributed by atoms with Gasteiger partial charge in [-0.2, -0.15) is 0 Å². The van der Waals surface area contributed by atoms with Gasteiger partial charge in [-0.3, -0.25) is 4.79 Å². The second-order valence-electron chi connectivity index (χ2n) is 5.54. The summed E-state index contributed by atoms with van der Waals surface area (Å²) in [4.78, 5) is 11.4. The van der Waals surface area contributed by atoms with Crippen molar-refractivity contribution >= 4 is 5.91 Å². The Morgan fingerprint density at radius 3 is 2.50 bits per heavy atom. The van der Waals surface area contributed by atoms with Crippen LogP contribution in [0.15, 0.2) is 0 Å². The summed E-state index contributed by atoms with van der Waals surface area (Å²) in [5, 5.41) is 2.90. The van der Waals surface area contributed by atoms with E-state index in [0.29, 0.717) is 18.9 Å². The van der Waals surface area contributed by atoms with Gasteiger partial charge in [-0.15, -0.1) is 0 Å². The lowest BCUT2D eigenvalue weighted by Gasteiger charge is -2.18. The Morgan fingerprint density at radius 2 is 2.07 bits per heavy atom.